The Kier molecular flexibility index (Phi) is 5.75. The molecule has 4 unspecified atom stereocenters. The van der Waals surface area contributed by atoms with E-state index >= 15 is 0 Å². The summed E-state index contributed by atoms with van der Waals surface area (Å²) in [4.78, 5) is 42.7. The summed E-state index contributed by atoms with van der Waals surface area (Å²) in [5.74, 6) is -1.01. The van der Waals surface area contributed by atoms with Crippen molar-refractivity contribution in [3.05, 3.63) is 0 Å². The van der Waals surface area contributed by atoms with Gasteiger partial charge in [0.25, 0.3) is 5.91 Å². The van der Waals surface area contributed by atoms with E-state index in [1.807, 2.05) is 0 Å². The fraction of sp³-hybridized carbons (Fsp3) is 0.800. The van der Waals surface area contributed by atoms with E-state index in [1.165, 1.54) is 4.90 Å². The zero-order valence-corrected chi connectivity index (χ0v) is 16.8. The number of amides is 4. The van der Waals surface area contributed by atoms with Crippen LogP contribution in [0, 0.1) is 11.3 Å². The number of nitrogens with one attached hydrogen (secondary N) is 2. The summed E-state index contributed by atoms with van der Waals surface area (Å²) in [5, 5.41) is 3.56. The molecule has 4 amide bonds. The molecule has 0 saturated carbocycles. The molecule has 3 saturated heterocycles. The highest BCUT2D eigenvalue weighted by Gasteiger charge is 2.57. The molecule has 3 aliphatic rings. The van der Waals surface area contributed by atoms with E-state index in [0.717, 1.165) is 0 Å². The lowest BCUT2D eigenvalue weighted by atomic mass is 9.76. The Labute approximate surface area is 167 Å². The van der Waals surface area contributed by atoms with Gasteiger partial charge < -0.3 is 16.0 Å². The van der Waals surface area contributed by atoms with Crippen LogP contribution in [0.4, 0.5) is 4.79 Å². The molecular formula is C15H25N5O8S. The molecule has 14 heteroatoms. The van der Waals surface area contributed by atoms with Crippen molar-refractivity contribution in [3.63, 3.8) is 0 Å². The van der Waals surface area contributed by atoms with E-state index < -0.39 is 51.8 Å². The highest BCUT2D eigenvalue weighted by atomic mass is 32.3. The number of hydroxylamine groups is 3. The molecule has 3 heterocycles. The zero-order valence-electron chi connectivity index (χ0n) is 16.0. The molecule has 0 spiro atoms. The van der Waals surface area contributed by atoms with Crippen molar-refractivity contribution in [2.24, 2.45) is 17.1 Å². The topological polar surface area (TPSA) is 181 Å². The average Bonchev–Trinajstić information content (AvgIpc) is 3.16. The second-order valence-corrected chi connectivity index (χ2v) is 9.23. The van der Waals surface area contributed by atoms with Crippen molar-refractivity contribution in [2.45, 2.75) is 44.8 Å². The Morgan fingerprint density at radius 1 is 1.41 bits per heavy atom. The van der Waals surface area contributed by atoms with Gasteiger partial charge in [-0.05, 0) is 24.2 Å². The van der Waals surface area contributed by atoms with Gasteiger partial charge in [-0.3, -0.25) is 19.0 Å². The van der Waals surface area contributed by atoms with Crippen LogP contribution in [0.15, 0.2) is 0 Å². The van der Waals surface area contributed by atoms with Gasteiger partial charge in [0.05, 0.1) is 18.7 Å². The minimum atomic E-state index is -4.89. The third kappa shape index (κ3) is 4.61. The first kappa shape index (κ1) is 21.7. The van der Waals surface area contributed by atoms with Gasteiger partial charge >= 0.3 is 16.4 Å². The van der Waals surface area contributed by atoms with Gasteiger partial charge in [0.1, 0.15) is 6.04 Å². The maximum atomic E-state index is 12.6. The van der Waals surface area contributed by atoms with Gasteiger partial charge in [-0.15, -0.1) is 4.28 Å². The molecule has 13 nitrogen and oxygen atoms in total. The summed E-state index contributed by atoms with van der Waals surface area (Å²) < 4.78 is 35.5. The van der Waals surface area contributed by atoms with Crippen LogP contribution in [0.1, 0.15) is 26.7 Å². The van der Waals surface area contributed by atoms with Gasteiger partial charge in [-0.2, -0.15) is 13.5 Å². The molecule has 5 N–H and O–H groups in total. The normalized spacial score (nSPS) is 31.2. The van der Waals surface area contributed by atoms with Crippen LogP contribution in [0.25, 0.3) is 0 Å². The van der Waals surface area contributed by atoms with Gasteiger partial charge in [0, 0.05) is 13.1 Å². The van der Waals surface area contributed by atoms with Gasteiger partial charge in [-0.25, -0.2) is 10.3 Å². The van der Waals surface area contributed by atoms with E-state index in [0.29, 0.717) is 18.0 Å². The summed E-state index contributed by atoms with van der Waals surface area (Å²) in [5.41, 5.74) is 6.90. The lowest BCUT2D eigenvalue weighted by molar-refractivity contribution is -0.142. The molecular weight excluding hydrogens is 410 g/mol. The molecule has 0 aromatic heterocycles. The number of carbonyl (C=O) groups is 3. The molecule has 0 aromatic carbocycles. The number of rotatable bonds is 7. The van der Waals surface area contributed by atoms with Gasteiger partial charge in [0.2, 0.25) is 5.91 Å². The minimum Gasteiger partial charge on any atom is -0.368 e. The zero-order chi connectivity index (χ0) is 21.6. The Morgan fingerprint density at radius 2 is 2.10 bits per heavy atom. The van der Waals surface area contributed by atoms with Crippen molar-refractivity contribution in [2.75, 3.05) is 19.7 Å². The lowest BCUT2D eigenvalue weighted by Crippen LogP contribution is -2.54. The largest absolute Gasteiger partial charge is 0.418 e. The van der Waals surface area contributed by atoms with E-state index in [2.05, 4.69) is 15.1 Å². The third-order valence-corrected chi connectivity index (χ3v) is 5.97. The molecule has 0 aromatic rings. The van der Waals surface area contributed by atoms with Crippen LogP contribution in [-0.4, -0.2) is 78.6 Å². The van der Waals surface area contributed by atoms with Crippen LogP contribution < -0.4 is 16.5 Å². The Balaban J connectivity index is 1.59. The second kappa shape index (κ2) is 7.68. The third-order valence-electron chi connectivity index (χ3n) is 5.62. The first-order valence-corrected chi connectivity index (χ1v) is 10.5. The first-order chi connectivity index (χ1) is 13.4. The van der Waals surface area contributed by atoms with Crippen molar-refractivity contribution < 1.29 is 36.5 Å². The van der Waals surface area contributed by atoms with Crippen molar-refractivity contribution in [1.82, 2.24) is 20.8 Å². The Morgan fingerprint density at radius 3 is 2.69 bits per heavy atom. The minimum absolute atomic E-state index is 0.00736. The number of hydrogen-bond acceptors (Lipinski definition) is 8. The number of fused-ring (bicyclic) bond motifs is 2. The SMILES string of the molecule is CC1(C)CC(C(=O)NOCC2CNC(C(N)=O)C2)N2CC1N(OS(=O)(=O)O)C2=O. The summed E-state index contributed by atoms with van der Waals surface area (Å²) in [6.45, 7) is 4.28. The summed E-state index contributed by atoms with van der Waals surface area (Å²) >= 11 is 0. The van der Waals surface area contributed by atoms with E-state index in [9.17, 15) is 22.8 Å². The molecule has 3 rings (SSSR count). The van der Waals surface area contributed by atoms with Crippen molar-refractivity contribution >= 4 is 28.2 Å². The number of nitrogens with two attached hydrogens (primary N) is 1. The highest BCUT2D eigenvalue weighted by molar-refractivity contribution is 7.80. The molecule has 0 radical (unpaired) electrons. The van der Waals surface area contributed by atoms with Crippen molar-refractivity contribution in [1.29, 1.82) is 0 Å². The standard InChI is InChI=1S/C15H25N5O8S/c1-15(2)4-10(19-6-11(15)20(14(19)23)28-29(24,25)26)13(22)18-27-7-8-3-9(12(16)21)17-5-8/h8-11,17H,3-7H2,1-2H3,(H2,16,21)(H,18,22)(H,24,25,26). The van der Waals surface area contributed by atoms with E-state index in [-0.39, 0.29) is 25.5 Å². The summed E-state index contributed by atoms with van der Waals surface area (Å²) in [7, 11) is -4.89. The molecule has 29 heavy (non-hydrogen) atoms. The molecule has 3 fully saturated rings. The number of nitrogens with zero attached hydrogens (tertiary/aromatic N) is 2. The van der Waals surface area contributed by atoms with Crippen LogP contribution in [-0.2, 0) is 29.1 Å². The molecule has 2 bridgehead atoms. The second-order valence-electron chi connectivity index (χ2n) is 8.23. The summed E-state index contributed by atoms with van der Waals surface area (Å²) in [6, 6.07) is -2.81. The Hall–Kier alpha value is -2.00. The maximum absolute atomic E-state index is 12.6. The fourth-order valence-electron chi connectivity index (χ4n) is 4.04. The van der Waals surface area contributed by atoms with Crippen LogP contribution in [0.5, 0.6) is 0 Å². The highest BCUT2D eigenvalue weighted by Crippen LogP contribution is 2.42. The van der Waals surface area contributed by atoms with Gasteiger partial charge in [-0.1, -0.05) is 13.8 Å². The smallest absolute Gasteiger partial charge is 0.368 e. The number of urea groups is 1. The number of hydrogen-bond donors (Lipinski definition) is 4. The molecule has 164 valence electrons. The maximum Gasteiger partial charge on any atom is 0.418 e. The number of primary amides is 1. The van der Waals surface area contributed by atoms with Crippen LogP contribution in [0.2, 0.25) is 0 Å². The monoisotopic (exact) mass is 435 g/mol. The molecule has 3 aliphatic heterocycles. The van der Waals surface area contributed by atoms with E-state index in [4.69, 9.17) is 15.1 Å². The molecule has 4 atom stereocenters. The Bertz CT molecular complexity index is 803. The quantitative estimate of drug-likeness (QED) is 0.263. The van der Waals surface area contributed by atoms with Crippen molar-refractivity contribution in [3.8, 4) is 0 Å². The lowest BCUT2D eigenvalue weighted by Gasteiger charge is -2.40. The van der Waals surface area contributed by atoms with Gasteiger partial charge in [0.15, 0.2) is 0 Å². The number of piperidine rings is 1. The predicted octanol–water partition coefficient (Wildman–Crippen LogP) is -1.86. The van der Waals surface area contributed by atoms with Crippen LogP contribution in [0.3, 0.4) is 0 Å². The summed E-state index contributed by atoms with van der Waals surface area (Å²) in [6.07, 6.45) is 0.731. The first-order valence-electron chi connectivity index (χ1n) is 9.10. The fourth-order valence-corrected chi connectivity index (χ4v) is 4.41. The van der Waals surface area contributed by atoms with E-state index in [1.54, 1.807) is 13.8 Å². The van der Waals surface area contributed by atoms with Crippen LogP contribution >= 0.6 is 0 Å². The number of carbonyl (C=O) groups excluding carboxylic acids is 3. The predicted molar refractivity (Wildman–Crippen MR) is 95.7 cm³/mol. The molecule has 0 aliphatic carbocycles. The average molecular weight is 435 g/mol.